The summed E-state index contributed by atoms with van der Waals surface area (Å²) in [7, 11) is -4.55. The number of aromatic nitrogens is 4. The number of hydrogen-bond donors (Lipinski definition) is 5. The second-order valence-corrected chi connectivity index (χ2v) is 10.8. The highest BCUT2D eigenvalue weighted by Crippen LogP contribution is 2.62. The molecule has 12 nitrogen and oxygen atoms in total. The zero-order valence-corrected chi connectivity index (χ0v) is 18.6. The molecule has 8 unspecified atom stereocenters. The summed E-state index contributed by atoms with van der Waals surface area (Å²) in [4.78, 5) is 23.3. The lowest BCUT2D eigenvalue weighted by molar-refractivity contribution is -0.109. The van der Waals surface area contributed by atoms with Crippen LogP contribution in [0.2, 0.25) is 0 Å². The molecule has 31 heavy (non-hydrogen) atoms. The van der Waals surface area contributed by atoms with Crippen molar-refractivity contribution in [1.82, 2.24) is 19.5 Å². The van der Waals surface area contributed by atoms with Crippen LogP contribution in [-0.4, -0.2) is 69.0 Å². The lowest BCUT2D eigenvalue weighted by Crippen LogP contribution is -2.48. The number of nitrogens with zero attached hydrogens (tertiary/aromatic N) is 4. The SMILES string of the molecule is CCC(C)(OP(=O)(O)C(C)(O)CC)C1c2nc3c(N)ncnc3n2C2OC1C(O)C2O. The maximum absolute atomic E-state index is 13.0. The quantitative estimate of drug-likeness (QED) is 0.383. The molecule has 4 rings (SSSR count). The smallest absolute Gasteiger partial charge is 0.359 e. The van der Waals surface area contributed by atoms with E-state index < -0.39 is 49.0 Å². The molecule has 172 valence electrons. The van der Waals surface area contributed by atoms with Gasteiger partial charge in [-0.15, -0.1) is 0 Å². The fraction of sp³-hybridized carbons (Fsp3) is 0.722. The van der Waals surface area contributed by atoms with Crippen molar-refractivity contribution in [2.45, 2.75) is 81.9 Å². The van der Waals surface area contributed by atoms with Gasteiger partial charge in [0.05, 0.1) is 11.5 Å². The number of aliphatic hydroxyl groups is 3. The summed E-state index contributed by atoms with van der Waals surface area (Å²) in [5, 5.41) is 29.8. The molecule has 6 N–H and O–H groups in total. The largest absolute Gasteiger partial charge is 0.387 e. The molecule has 2 aliphatic rings. The summed E-state index contributed by atoms with van der Waals surface area (Å²) in [6.07, 6.45) is -3.09. The van der Waals surface area contributed by atoms with Gasteiger partial charge in [-0.25, -0.2) is 15.0 Å². The third-order valence-corrected chi connectivity index (χ3v) is 8.84. The molecule has 4 heterocycles. The van der Waals surface area contributed by atoms with Gasteiger partial charge in [-0.2, -0.15) is 0 Å². The monoisotopic (exact) mass is 457 g/mol. The Bertz CT molecular complexity index is 1060. The average Bonchev–Trinajstić information content (AvgIpc) is 3.21. The van der Waals surface area contributed by atoms with Crippen LogP contribution in [0, 0.1) is 0 Å². The summed E-state index contributed by atoms with van der Waals surface area (Å²) >= 11 is 0. The molecule has 2 bridgehead atoms. The van der Waals surface area contributed by atoms with Crippen molar-refractivity contribution in [1.29, 1.82) is 0 Å². The fourth-order valence-corrected chi connectivity index (χ4v) is 5.68. The van der Waals surface area contributed by atoms with E-state index in [4.69, 9.17) is 15.0 Å². The number of anilines is 1. The molecule has 2 aromatic rings. The topological polar surface area (TPSA) is 186 Å². The molecule has 2 aromatic heterocycles. The van der Waals surface area contributed by atoms with Gasteiger partial charge in [0.2, 0.25) is 0 Å². The molecule has 0 aliphatic carbocycles. The molecule has 0 amide bonds. The predicted octanol–water partition coefficient (Wildman–Crippen LogP) is 0.614. The highest BCUT2D eigenvalue weighted by atomic mass is 31.2. The molecular weight excluding hydrogens is 429 g/mol. The third-order valence-electron chi connectivity index (χ3n) is 6.64. The second-order valence-electron chi connectivity index (χ2n) is 8.57. The molecule has 2 aliphatic heterocycles. The Kier molecular flexibility index (Phi) is 5.21. The molecular formula is C18H28N5O7P. The Morgan fingerprint density at radius 3 is 2.55 bits per heavy atom. The first kappa shape index (κ1) is 22.5. The van der Waals surface area contributed by atoms with Crippen LogP contribution in [0.3, 0.4) is 0 Å². The predicted molar refractivity (Wildman–Crippen MR) is 109 cm³/mol. The van der Waals surface area contributed by atoms with Crippen molar-refractivity contribution in [3.63, 3.8) is 0 Å². The van der Waals surface area contributed by atoms with Crippen LogP contribution in [-0.2, 0) is 13.8 Å². The third kappa shape index (κ3) is 3.12. The van der Waals surface area contributed by atoms with E-state index >= 15 is 0 Å². The van der Waals surface area contributed by atoms with Gasteiger partial charge in [0, 0.05) is 0 Å². The first-order valence-corrected chi connectivity index (χ1v) is 11.7. The van der Waals surface area contributed by atoms with Crippen LogP contribution >= 0.6 is 7.60 Å². The van der Waals surface area contributed by atoms with Crippen molar-refractivity contribution < 1.29 is 34.0 Å². The van der Waals surface area contributed by atoms with E-state index in [9.17, 15) is 24.8 Å². The number of hydrogen-bond acceptors (Lipinski definition) is 10. The summed E-state index contributed by atoms with van der Waals surface area (Å²) < 4.78 is 26.3. The summed E-state index contributed by atoms with van der Waals surface area (Å²) in [5.41, 5.74) is 5.14. The van der Waals surface area contributed by atoms with Crippen molar-refractivity contribution in [3.8, 4) is 0 Å². The van der Waals surface area contributed by atoms with Gasteiger partial charge >= 0.3 is 7.60 Å². The van der Waals surface area contributed by atoms with Crippen LogP contribution < -0.4 is 5.73 Å². The van der Waals surface area contributed by atoms with Crippen LogP contribution in [0.5, 0.6) is 0 Å². The first-order valence-electron chi connectivity index (χ1n) is 10.1. The minimum absolute atomic E-state index is 0.0147. The molecule has 0 aromatic carbocycles. The van der Waals surface area contributed by atoms with Gasteiger partial charge in [0.1, 0.15) is 30.5 Å². The molecule has 1 fully saturated rings. The summed E-state index contributed by atoms with van der Waals surface area (Å²) in [6, 6.07) is 0. The number of nitrogens with two attached hydrogens (primary N) is 1. The van der Waals surface area contributed by atoms with Gasteiger partial charge in [-0.3, -0.25) is 13.7 Å². The Balaban J connectivity index is 1.91. The lowest BCUT2D eigenvalue weighted by atomic mass is 9.80. The Morgan fingerprint density at radius 2 is 1.94 bits per heavy atom. The summed E-state index contributed by atoms with van der Waals surface area (Å²) in [6.45, 7) is 6.14. The normalized spacial score (nSPS) is 33.5. The van der Waals surface area contributed by atoms with Crippen LogP contribution in [0.4, 0.5) is 5.82 Å². The lowest BCUT2D eigenvalue weighted by Gasteiger charge is -2.44. The molecule has 0 saturated carbocycles. The fourth-order valence-electron chi connectivity index (χ4n) is 4.28. The van der Waals surface area contributed by atoms with E-state index in [1.54, 1.807) is 20.8 Å². The number of imidazole rings is 1. The minimum Gasteiger partial charge on any atom is -0.387 e. The van der Waals surface area contributed by atoms with E-state index in [1.807, 2.05) is 0 Å². The molecule has 0 spiro atoms. The van der Waals surface area contributed by atoms with Crippen molar-refractivity contribution in [2.24, 2.45) is 0 Å². The van der Waals surface area contributed by atoms with E-state index in [-0.39, 0.29) is 24.2 Å². The standard InChI is InChI=1S/C18H28N5O7P/c1-5-17(3,30-31(27,28)18(4,26)6-2)8-12-10(24)11(25)16(29-12)23-14(8)22-9-13(19)20-7-21-15(9)23/h7-8,10-12,16,24-26H,5-6H2,1-4H3,(H,27,28)(H2,19,20,21). The van der Waals surface area contributed by atoms with E-state index in [1.165, 1.54) is 17.8 Å². The number of rotatable bonds is 6. The van der Waals surface area contributed by atoms with Crippen LogP contribution in [0.1, 0.15) is 58.5 Å². The number of fused-ring (bicyclic) bond motifs is 6. The Morgan fingerprint density at radius 1 is 1.26 bits per heavy atom. The van der Waals surface area contributed by atoms with E-state index in [2.05, 4.69) is 15.0 Å². The van der Waals surface area contributed by atoms with Crippen molar-refractivity contribution in [3.05, 3.63) is 12.2 Å². The molecule has 1 saturated heterocycles. The van der Waals surface area contributed by atoms with Gasteiger partial charge in [-0.1, -0.05) is 13.8 Å². The molecule has 13 heteroatoms. The van der Waals surface area contributed by atoms with Gasteiger partial charge in [-0.05, 0) is 26.7 Å². The molecule has 0 radical (unpaired) electrons. The van der Waals surface area contributed by atoms with Crippen LogP contribution in [0.15, 0.2) is 6.33 Å². The second kappa shape index (κ2) is 7.17. The molecule has 8 atom stereocenters. The number of nitrogen functional groups attached to an aromatic ring is 1. The first-order chi connectivity index (χ1) is 14.4. The summed E-state index contributed by atoms with van der Waals surface area (Å²) in [5.74, 6) is -0.431. The zero-order valence-electron chi connectivity index (χ0n) is 17.7. The van der Waals surface area contributed by atoms with Crippen molar-refractivity contribution in [2.75, 3.05) is 5.73 Å². The Labute approximate surface area is 178 Å². The highest BCUT2D eigenvalue weighted by molar-refractivity contribution is 7.54. The number of ether oxygens (including phenoxy) is 1. The van der Waals surface area contributed by atoms with Gasteiger partial charge < -0.3 is 30.7 Å². The zero-order chi connectivity index (χ0) is 22.9. The number of aliphatic hydroxyl groups excluding tert-OH is 2. The van der Waals surface area contributed by atoms with Gasteiger partial charge in [0.25, 0.3) is 0 Å². The Hall–Kier alpha value is -1.66. The van der Waals surface area contributed by atoms with Crippen LogP contribution in [0.25, 0.3) is 11.2 Å². The van der Waals surface area contributed by atoms with E-state index in [0.717, 1.165) is 0 Å². The minimum atomic E-state index is -4.55. The van der Waals surface area contributed by atoms with E-state index in [0.29, 0.717) is 11.5 Å². The highest BCUT2D eigenvalue weighted by Gasteiger charge is 2.61. The average molecular weight is 457 g/mol. The van der Waals surface area contributed by atoms with Crippen molar-refractivity contribution >= 4 is 24.6 Å². The van der Waals surface area contributed by atoms with Gasteiger partial charge in [0.15, 0.2) is 28.6 Å². The maximum atomic E-state index is 13.0. The maximum Gasteiger partial charge on any atom is 0.359 e.